The van der Waals surface area contributed by atoms with Gasteiger partial charge in [0.1, 0.15) is 16.3 Å². The third-order valence-electron chi connectivity index (χ3n) is 6.26. The van der Waals surface area contributed by atoms with Crippen molar-refractivity contribution < 1.29 is 9.47 Å². The number of anilines is 1. The minimum atomic E-state index is -0.0484. The van der Waals surface area contributed by atoms with E-state index < -0.39 is 0 Å². The van der Waals surface area contributed by atoms with Crippen molar-refractivity contribution in [1.29, 1.82) is 0 Å². The molecule has 162 valence electrons. The lowest BCUT2D eigenvalue weighted by atomic mass is 9.95. The maximum Gasteiger partial charge on any atom is 0.181 e. The summed E-state index contributed by atoms with van der Waals surface area (Å²) in [7, 11) is 0. The quantitative estimate of drug-likeness (QED) is 0.441. The van der Waals surface area contributed by atoms with E-state index in [0.29, 0.717) is 25.0 Å². The number of pyridine rings is 1. The lowest BCUT2D eigenvalue weighted by Crippen LogP contribution is -2.38. The number of fused-ring (bicyclic) bond motifs is 1. The van der Waals surface area contributed by atoms with E-state index in [-0.39, 0.29) is 6.29 Å². The molecular formula is C25H24N4O2S. The zero-order valence-electron chi connectivity index (χ0n) is 17.7. The number of nitrogens with zero attached hydrogens (tertiary/aromatic N) is 4. The Morgan fingerprint density at radius 3 is 2.44 bits per heavy atom. The molecule has 4 aromatic rings. The molecule has 0 spiro atoms. The van der Waals surface area contributed by atoms with Crippen molar-refractivity contribution in [2.75, 3.05) is 31.2 Å². The second-order valence-electron chi connectivity index (χ2n) is 8.22. The molecule has 6 nitrogen and oxygen atoms in total. The predicted octanol–water partition coefficient (Wildman–Crippen LogP) is 5.01. The molecule has 0 amide bonds. The summed E-state index contributed by atoms with van der Waals surface area (Å²) in [6.45, 7) is 3.26. The molecule has 5 heterocycles. The van der Waals surface area contributed by atoms with Crippen molar-refractivity contribution in [3.05, 3.63) is 60.1 Å². The van der Waals surface area contributed by atoms with Crippen LogP contribution in [0.5, 0.6) is 0 Å². The molecule has 0 saturated carbocycles. The number of ether oxygens (including phenoxy) is 2. The molecule has 0 aliphatic carbocycles. The Labute approximate surface area is 190 Å². The van der Waals surface area contributed by atoms with Gasteiger partial charge in [-0.05, 0) is 30.5 Å². The predicted molar refractivity (Wildman–Crippen MR) is 127 cm³/mol. The molecular weight excluding hydrogens is 420 g/mol. The van der Waals surface area contributed by atoms with E-state index in [1.807, 2.05) is 24.3 Å². The molecule has 2 saturated heterocycles. The first-order chi connectivity index (χ1) is 15.9. The Bertz CT molecular complexity index is 1200. The Morgan fingerprint density at radius 2 is 1.69 bits per heavy atom. The van der Waals surface area contributed by atoms with Gasteiger partial charge < -0.3 is 14.4 Å². The van der Waals surface area contributed by atoms with Crippen molar-refractivity contribution in [2.24, 2.45) is 5.92 Å². The lowest BCUT2D eigenvalue weighted by molar-refractivity contribution is -0.0889. The summed E-state index contributed by atoms with van der Waals surface area (Å²) in [4.78, 5) is 17.9. The number of aromatic nitrogens is 3. The third-order valence-corrected chi connectivity index (χ3v) is 7.14. The van der Waals surface area contributed by atoms with Gasteiger partial charge in [0.05, 0.1) is 18.6 Å². The Morgan fingerprint density at radius 1 is 0.906 bits per heavy atom. The summed E-state index contributed by atoms with van der Waals surface area (Å²) in [5, 5.41) is 3.33. The Kier molecular flexibility index (Phi) is 5.30. The van der Waals surface area contributed by atoms with E-state index in [1.54, 1.807) is 17.5 Å². The topological polar surface area (TPSA) is 60.4 Å². The first-order valence-corrected chi connectivity index (χ1v) is 12.0. The van der Waals surface area contributed by atoms with Gasteiger partial charge in [0.15, 0.2) is 12.1 Å². The van der Waals surface area contributed by atoms with E-state index in [1.165, 1.54) is 11.1 Å². The van der Waals surface area contributed by atoms with Crippen LogP contribution < -0.4 is 4.90 Å². The van der Waals surface area contributed by atoms with Gasteiger partial charge in [-0.1, -0.05) is 36.4 Å². The van der Waals surface area contributed by atoms with Crippen LogP contribution in [0.3, 0.4) is 0 Å². The van der Waals surface area contributed by atoms with E-state index in [2.05, 4.69) is 39.5 Å². The van der Waals surface area contributed by atoms with E-state index >= 15 is 0 Å². The van der Waals surface area contributed by atoms with Crippen LogP contribution in [0.25, 0.3) is 32.9 Å². The summed E-state index contributed by atoms with van der Waals surface area (Å²) in [6, 6.07) is 16.4. The third kappa shape index (κ3) is 3.66. The van der Waals surface area contributed by atoms with Crippen molar-refractivity contribution in [3.8, 4) is 22.6 Å². The Balaban J connectivity index is 1.42. The fourth-order valence-electron chi connectivity index (χ4n) is 4.62. The summed E-state index contributed by atoms with van der Waals surface area (Å²) in [6.07, 6.45) is 3.80. The molecule has 2 fully saturated rings. The molecule has 0 atom stereocenters. The fourth-order valence-corrected chi connectivity index (χ4v) is 5.57. The molecule has 2 aliphatic heterocycles. The summed E-state index contributed by atoms with van der Waals surface area (Å²) in [5.41, 5.74) is 3.18. The van der Waals surface area contributed by atoms with Crippen molar-refractivity contribution in [3.63, 3.8) is 0 Å². The zero-order chi connectivity index (χ0) is 21.3. The maximum absolute atomic E-state index is 5.77. The van der Waals surface area contributed by atoms with Crippen LogP contribution in [0.4, 0.5) is 5.82 Å². The van der Waals surface area contributed by atoms with Gasteiger partial charge in [0.25, 0.3) is 0 Å². The molecule has 1 aromatic carbocycles. The first kappa shape index (κ1) is 19.8. The SMILES string of the molecule is c1ccc(-c2csc3nc(-c4ccccn4)nc(N4CCC(C5OCCO5)CC4)c23)cc1. The van der Waals surface area contributed by atoms with Crippen LogP contribution >= 0.6 is 11.3 Å². The summed E-state index contributed by atoms with van der Waals surface area (Å²) >= 11 is 1.67. The minimum absolute atomic E-state index is 0.0484. The van der Waals surface area contributed by atoms with Crippen LogP contribution in [0.2, 0.25) is 0 Å². The van der Waals surface area contributed by atoms with Gasteiger partial charge in [0, 0.05) is 36.1 Å². The van der Waals surface area contributed by atoms with Gasteiger partial charge in [-0.25, -0.2) is 9.97 Å². The normalized spacial score (nSPS) is 17.9. The molecule has 0 unspecified atom stereocenters. The maximum atomic E-state index is 5.77. The van der Waals surface area contributed by atoms with Crippen LogP contribution in [0, 0.1) is 5.92 Å². The zero-order valence-corrected chi connectivity index (χ0v) is 18.5. The number of piperidine rings is 1. The van der Waals surface area contributed by atoms with Crippen molar-refractivity contribution in [1.82, 2.24) is 15.0 Å². The first-order valence-electron chi connectivity index (χ1n) is 11.1. The second-order valence-corrected chi connectivity index (χ2v) is 9.07. The number of benzene rings is 1. The largest absolute Gasteiger partial charge is 0.356 e. The summed E-state index contributed by atoms with van der Waals surface area (Å²) < 4.78 is 11.5. The van der Waals surface area contributed by atoms with Crippen LogP contribution in [-0.4, -0.2) is 47.5 Å². The molecule has 6 rings (SSSR count). The van der Waals surface area contributed by atoms with Crippen LogP contribution in [0.1, 0.15) is 12.8 Å². The highest BCUT2D eigenvalue weighted by molar-refractivity contribution is 7.17. The van der Waals surface area contributed by atoms with Gasteiger partial charge >= 0.3 is 0 Å². The van der Waals surface area contributed by atoms with Crippen molar-refractivity contribution in [2.45, 2.75) is 19.1 Å². The average Bonchev–Trinajstić information content (AvgIpc) is 3.55. The molecule has 32 heavy (non-hydrogen) atoms. The molecule has 0 N–H and O–H groups in total. The van der Waals surface area contributed by atoms with Gasteiger partial charge in [-0.3, -0.25) is 4.98 Å². The lowest BCUT2D eigenvalue weighted by Gasteiger charge is -2.35. The monoisotopic (exact) mass is 444 g/mol. The molecule has 3 aromatic heterocycles. The van der Waals surface area contributed by atoms with E-state index in [4.69, 9.17) is 19.4 Å². The van der Waals surface area contributed by atoms with Gasteiger partial charge in [-0.2, -0.15) is 0 Å². The highest BCUT2D eigenvalue weighted by Gasteiger charge is 2.32. The van der Waals surface area contributed by atoms with Gasteiger partial charge in [0.2, 0.25) is 0 Å². The number of hydrogen-bond donors (Lipinski definition) is 0. The minimum Gasteiger partial charge on any atom is -0.356 e. The van der Waals surface area contributed by atoms with Crippen molar-refractivity contribution >= 4 is 27.4 Å². The second kappa shape index (κ2) is 8.58. The average molecular weight is 445 g/mol. The number of hydrogen-bond acceptors (Lipinski definition) is 7. The molecule has 2 aliphatic rings. The smallest absolute Gasteiger partial charge is 0.181 e. The molecule has 0 radical (unpaired) electrons. The Hall–Kier alpha value is -2.87. The van der Waals surface area contributed by atoms with E-state index in [0.717, 1.165) is 47.7 Å². The van der Waals surface area contributed by atoms with Gasteiger partial charge in [-0.15, -0.1) is 11.3 Å². The summed E-state index contributed by atoms with van der Waals surface area (Å²) in [5.74, 6) is 2.12. The van der Waals surface area contributed by atoms with E-state index in [9.17, 15) is 0 Å². The standard InChI is InChI=1S/C25H24N4O2S/c1-2-6-17(7-3-1)19-16-32-24-21(19)23(27-22(28-24)20-8-4-5-11-26-20)29-12-9-18(10-13-29)25-30-14-15-31-25/h1-8,11,16,18,25H,9-10,12-15H2. The molecule has 7 heteroatoms. The molecule has 0 bridgehead atoms. The van der Waals surface area contributed by atoms with Crippen LogP contribution in [-0.2, 0) is 9.47 Å². The number of rotatable bonds is 4. The highest BCUT2D eigenvalue weighted by atomic mass is 32.1. The van der Waals surface area contributed by atoms with Crippen LogP contribution in [0.15, 0.2) is 60.1 Å². The number of thiophene rings is 1. The fraction of sp³-hybridized carbons (Fsp3) is 0.320. The highest BCUT2D eigenvalue weighted by Crippen LogP contribution is 2.40.